The molecule has 2 aromatic carbocycles. The molecule has 3 rings (SSSR count). The summed E-state index contributed by atoms with van der Waals surface area (Å²) in [5.74, 6) is -3.89. The highest BCUT2D eigenvalue weighted by molar-refractivity contribution is 6.03. The van der Waals surface area contributed by atoms with Gasteiger partial charge in [0, 0.05) is 25.6 Å². The number of rotatable bonds is 5. The van der Waals surface area contributed by atoms with E-state index in [2.05, 4.69) is 0 Å². The predicted octanol–water partition coefficient (Wildman–Crippen LogP) is 2.61. The van der Waals surface area contributed by atoms with Crippen molar-refractivity contribution in [3.05, 3.63) is 71.3 Å². The van der Waals surface area contributed by atoms with Crippen molar-refractivity contribution >= 4 is 17.7 Å². The molecule has 170 valence electrons. The Hall–Kier alpha value is -3.13. The van der Waals surface area contributed by atoms with E-state index in [-0.39, 0.29) is 11.5 Å². The van der Waals surface area contributed by atoms with E-state index in [9.17, 15) is 23.2 Å². The Morgan fingerprint density at radius 2 is 1.78 bits per heavy atom. The third kappa shape index (κ3) is 5.19. The van der Waals surface area contributed by atoms with E-state index in [1.807, 2.05) is 30.3 Å². The van der Waals surface area contributed by atoms with Crippen LogP contribution >= 0.6 is 0 Å². The zero-order valence-corrected chi connectivity index (χ0v) is 18.1. The van der Waals surface area contributed by atoms with Crippen LogP contribution in [0.1, 0.15) is 36.8 Å². The van der Waals surface area contributed by atoms with Crippen LogP contribution in [0.5, 0.6) is 0 Å². The molecular formula is C24H27F2N3O3. The fourth-order valence-corrected chi connectivity index (χ4v) is 4.16. The highest BCUT2D eigenvalue weighted by Crippen LogP contribution is 2.33. The summed E-state index contributed by atoms with van der Waals surface area (Å²) in [7, 11) is 1.63. The summed E-state index contributed by atoms with van der Waals surface area (Å²) in [4.78, 5) is 42.3. The summed E-state index contributed by atoms with van der Waals surface area (Å²) in [6, 6.07) is 9.85. The van der Waals surface area contributed by atoms with Gasteiger partial charge in [-0.15, -0.1) is 0 Å². The van der Waals surface area contributed by atoms with Crippen LogP contribution < -0.4 is 5.73 Å². The zero-order chi connectivity index (χ0) is 23.4. The number of nitrogens with zero attached hydrogens (tertiary/aromatic N) is 2. The van der Waals surface area contributed by atoms with E-state index >= 15 is 0 Å². The Morgan fingerprint density at radius 3 is 2.38 bits per heavy atom. The molecule has 6 nitrogen and oxygen atoms in total. The standard InChI is InChI=1S/C24H27F2N3O3/c1-15(27)23(31)29(21(30)13-16-11-18(25)14-19(26)12-16)22-20(17-7-4-3-5-8-17)9-6-10-28(2)24(22)32/h3-5,7-8,11-12,14-15,20,22H,6,9-10,13,27H2,1-2H3/t15-,20-,22-/m0/s1. The molecule has 3 amide bonds. The minimum absolute atomic E-state index is 0.0701. The smallest absolute Gasteiger partial charge is 0.246 e. The second-order valence-corrected chi connectivity index (χ2v) is 8.21. The molecule has 2 N–H and O–H groups in total. The number of hydrogen-bond donors (Lipinski definition) is 1. The van der Waals surface area contributed by atoms with Gasteiger partial charge in [0.1, 0.15) is 17.7 Å². The molecule has 0 aromatic heterocycles. The molecule has 1 saturated heterocycles. The SMILES string of the molecule is C[C@H](N)C(=O)N(C(=O)Cc1cc(F)cc(F)c1)[C@@H]1C(=O)N(C)CCC[C@H]1c1ccccc1. The minimum Gasteiger partial charge on any atom is -0.344 e. The maximum absolute atomic E-state index is 13.7. The van der Waals surface area contributed by atoms with Crippen LogP contribution in [0.3, 0.4) is 0 Å². The van der Waals surface area contributed by atoms with E-state index < -0.39 is 47.9 Å². The van der Waals surface area contributed by atoms with Gasteiger partial charge in [0.25, 0.3) is 0 Å². The van der Waals surface area contributed by atoms with Crippen LogP contribution in [0.15, 0.2) is 48.5 Å². The van der Waals surface area contributed by atoms with Crippen molar-refractivity contribution in [1.82, 2.24) is 9.80 Å². The predicted molar refractivity (Wildman–Crippen MR) is 115 cm³/mol. The first-order chi connectivity index (χ1) is 15.2. The molecule has 1 aliphatic rings. The van der Waals surface area contributed by atoms with Gasteiger partial charge >= 0.3 is 0 Å². The van der Waals surface area contributed by atoms with Crippen molar-refractivity contribution in [3.8, 4) is 0 Å². The lowest BCUT2D eigenvalue weighted by atomic mass is 9.86. The van der Waals surface area contributed by atoms with Gasteiger partial charge in [0.15, 0.2) is 0 Å². The lowest BCUT2D eigenvalue weighted by Crippen LogP contribution is -2.57. The molecule has 0 radical (unpaired) electrons. The van der Waals surface area contributed by atoms with Gasteiger partial charge in [-0.25, -0.2) is 8.78 Å². The molecular weight excluding hydrogens is 416 g/mol. The first-order valence-electron chi connectivity index (χ1n) is 10.6. The number of carbonyl (C=O) groups is 3. The lowest BCUT2D eigenvalue weighted by molar-refractivity contribution is -0.155. The van der Waals surface area contributed by atoms with Crippen molar-refractivity contribution in [3.63, 3.8) is 0 Å². The average molecular weight is 443 g/mol. The second kappa shape index (κ2) is 9.99. The van der Waals surface area contributed by atoms with Crippen LogP contribution in [-0.2, 0) is 20.8 Å². The van der Waals surface area contributed by atoms with Crippen LogP contribution in [-0.4, -0.2) is 53.2 Å². The molecule has 32 heavy (non-hydrogen) atoms. The van der Waals surface area contributed by atoms with E-state index in [4.69, 9.17) is 5.73 Å². The number of benzene rings is 2. The molecule has 0 aliphatic carbocycles. The van der Waals surface area contributed by atoms with Crippen LogP contribution in [0.25, 0.3) is 0 Å². The second-order valence-electron chi connectivity index (χ2n) is 8.21. The maximum atomic E-state index is 13.7. The summed E-state index contributed by atoms with van der Waals surface area (Å²) in [6.07, 6.45) is 0.833. The molecule has 3 atom stereocenters. The molecule has 2 aromatic rings. The molecule has 1 fully saturated rings. The number of amides is 3. The van der Waals surface area contributed by atoms with Gasteiger partial charge in [0.2, 0.25) is 17.7 Å². The van der Waals surface area contributed by atoms with Crippen LogP contribution in [0.2, 0.25) is 0 Å². The largest absolute Gasteiger partial charge is 0.344 e. The van der Waals surface area contributed by atoms with Crippen molar-refractivity contribution < 1.29 is 23.2 Å². The van der Waals surface area contributed by atoms with Gasteiger partial charge in [0.05, 0.1) is 12.5 Å². The van der Waals surface area contributed by atoms with Gasteiger partial charge in [-0.05, 0) is 43.0 Å². The minimum atomic E-state index is -1.10. The number of hydrogen-bond acceptors (Lipinski definition) is 4. The van der Waals surface area contributed by atoms with E-state index in [1.165, 1.54) is 11.8 Å². The molecule has 0 unspecified atom stereocenters. The molecule has 0 saturated carbocycles. The van der Waals surface area contributed by atoms with E-state index in [0.29, 0.717) is 25.5 Å². The Morgan fingerprint density at radius 1 is 1.16 bits per heavy atom. The van der Waals surface area contributed by atoms with E-state index in [0.717, 1.165) is 22.6 Å². The molecule has 0 spiro atoms. The summed E-state index contributed by atoms with van der Waals surface area (Å²) in [5.41, 5.74) is 6.73. The average Bonchev–Trinajstić information content (AvgIpc) is 2.87. The third-order valence-electron chi connectivity index (χ3n) is 5.70. The molecule has 1 heterocycles. The molecule has 1 aliphatic heterocycles. The first-order valence-corrected chi connectivity index (χ1v) is 10.6. The van der Waals surface area contributed by atoms with Gasteiger partial charge in [-0.3, -0.25) is 19.3 Å². The maximum Gasteiger partial charge on any atom is 0.246 e. The monoisotopic (exact) mass is 443 g/mol. The Kier molecular flexibility index (Phi) is 7.35. The van der Waals surface area contributed by atoms with Gasteiger partial charge in [-0.2, -0.15) is 0 Å². The summed E-state index contributed by atoms with van der Waals surface area (Å²) in [5, 5.41) is 0. The number of imide groups is 1. The number of nitrogens with two attached hydrogens (primary N) is 1. The quantitative estimate of drug-likeness (QED) is 0.770. The number of carbonyl (C=O) groups excluding carboxylic acids is 3. The third-order valence-corrected chi connectivity index (χ3v) is 5.70. The van der Waals surface area contributed by atoms with Gasteiger partial charge < -0.3 is 10.6 Å². The van der Waals surface area contributed by atoms with Crippen molar-refractivity contribution in [2.45, 2.75) is 44.2 Å². The molecule has 8 heteroatoms. The summed E-state index contributed by atoms with van der Waals surface area (Å²) >= 11 is 0. The Labute approximate surface area is 186 Å². The number of likely N-dealkylation sites (tertiary alicyclic amines) is 1. The van der Waals surface area contributed by atoms with Gasteiger partial charge in [-0.1, -0.05) is 30.3 Å². The van der Waals surface area contributed by atoms with E-state index in [1.54, 1.807) is 7.05 Å². The highest BCUT2D eigenvalue weighted by Gasteiger charge is 2.43. The Bertz CT molecular complexity index is 977. The molecule has 0 bridgehead atoms. The van der Waals surface area contributed by atoms with Crippen molar-refractivity contribution in [2.24, 2.45) is 5.73 Å². The van der Waals surface area contributed by atoms with Crippen LogP contribution in [0, 0.1) is 11.6 Å². The van der Waals surface area contributed by atoms with Crippen molar-refractivity contribution in [2.75, 3.05) is 13.6 Å². The normalized spacial score (nSPS) is 19.9. The lowest BCUT2D eigenvalue weighted by Gasteiger charge is -2.36. The highest BCUT2D eigenvalue weighted by atomic mass is 19.1. The first kappa shape index (κ1) is 23.5. The number of likely N-dealkylation sites (N-methyl/N-ethyl adjacent to an activating group) is 1. The fraction of sp³-hybridized carbons (Fsp3) is 0.375. The van der Waals surface area contributed by atoms with Crippen molar-refractivity contribution in [1.29, 1.82) is 0 Å². The Balaban J connectivity index is 2.06. The summed E-state index contributed by atoms with van der Waals surface area (Å²) < 4.78 is 27.3. The fourth-order valence-electron chi connectivity index (χ4n) is 4.16. The topological polar surface area (TPSA) is 83.7 Å². The summed E-state index contributed by atoms with van der Waals surface area (Å²) in [6.45, 7) is 1.93. The number of halogens is 2. The van der Waals surface area contributed by atoms with Crippen LogP contribution in [0.4, 0.5) is 8.78 Å². The zero-order valence-electron chi connectivity index (χ0n) is 18.1.